The highest BCUT2D eigenvalue weighted by Crippen LogP contribution is 2.20. The predicted molar refractivity (Wildman–Crippen MR) is 67.5 cm³/mol. The molecule has 0 amide bonds. The molecule has 0 heterocycles. The molecule has 1 aromatic carbocycles. The van der Waals surface area contributed by atoms with Crippen LogP contribution in [0.2, 0.25) is 0 Å². The molecule has 0 aromatic heterocycles. The number of nitrogens with zero attached hydrogens (tertiary/aromatic N) is 1. The average Bonchev–Trinajstić information content (AvgIpc) is 2.29. The van der Waals surface area contributed by atoms with Crippen molar-refractivity contribution in [2.45, 2.75) is 13.5 Å². The minimum atomic E-state index is -0.235. The highest BCUT2D eigenvalue weighted by atomic mass is 19.1. The van der Waals surface area contributed by atoms with Crippen molar-refractivity contribution < 1.29 is 9.13 Å². The molecule has 3 nitrogen and oxygen atoms in total. The first-order valence-corrected chi connectivity index (χ1v) is 5.77. The highest BCUT2D eigenvalue weighted by Gasteiger charge is 2.09. The summed E-state index contributed by atoms with van der Waals surface area (Å²) in [6, 6.07) is 4.58. The van der Waals surface area contributed by atoms with Crippen LogP contribution in [0.3, 0.4) is 0 Å². The monoisotopic (exact) mass is 240 g/mol. The number of benzene rings is 1. The van der Waals surface area contributed by atoms with Crippen LogP contribution in [-0.2, 0) is 6.54 Å². The molecule has 0 aliphatic rings. The molecule has 0 saturated carbocycles. The molecule has 0 aliphatic heterocycles. The van der Waals surface area contributed by atoms with Gasteiger partial charge in [0.2, 0.25) is 0 Å². The Balaban J connectivity index is 2.69. The third-order valence-electron chi connectivity index (χ3n) is 2.71. The Bertz CT molecular complexity index is 357. The van der Waals surface area contributed by atoms with Crippen LogP contribution < -0.4 is 10.5 Å². The summed E-state index contributed by atoms with van der Waals surface area (Å²) in [5, 5.41) is 0. The van der Waals surface area contributed by atoms with E-state index in [2.05, 4.69) is 11.8 Å². The van der Waals surface area contributed by atoms with Crippen LogP contribution in [0.4, 0.5) is 4.39 Å². The molecule has 1 unspecified atom stereocenters. The third kappa shape index (κ3) is 4.32. The molecule has 2 N–H and O–H groups in total. The lowest BCUT2D eigenvalue weighted by atomic mass is 10.1. The van der Waals surface area contributed by atoms with E-state index in [4.69, 9.17) is 10.5 Å². The molecule has 0 saturated heterocycles. The Morgan fingerprint density at radius 3 is 2.76 bits per heavy atom. The van der Waals surface area contributed by atoms with E-state index >= 15 is 0 Å². The normalized spacial score (nSPS) is 12.8. The molecule has 0 fully saturated rings. The largest absolute Gasteiger partial charge is 0.496 e. The van der Waals surface area contributed by atoms with Crippen molar-refractivity contribution in [3.8, 4) is 5.75 Å². The van der Waals surface area contributed by atoms with Crippen molar-refractivity contribution >= 4 is 0 Å². The van der Waals surface area contributed by atoms with Gasteiger partial charge < -0.3 is 15.4 Å². The molecule has 0 bridgehead atoms. The molecule has 0 radical (unpaired) electrons. The Kier molecular flexibility index (Phi) is 5.38. The van der Waals surface area contributed by atoms with E-state index in [0.717, 1.165) is 17.9 Å². The van der Waals surface area contributed by atoms with Crippen molar-refractivity contribution in [1.82, 2.24) is 4.90 Å². The molecule has 0 aliphatic carbocycles. The Morgan fingerprint density at radius 2 is 2.18 bits per heavy atom. The zero-order valence-corrected chi connectivity index (χ0v) is 10.7. The van der Waals surface area contributed by atoms with Crippen molar-refractivity contribution in [2.24, 2.45) is 11.7 Å². The summed E-state index contributed by atoms with van der Waals surface area (Å²) in [7, 11) is 3.59. The van der Waals surface area contributed by atoms with Gasteiger partial charge in [-0.25, -0.2) is 4.39 Å². The van der Waals surface area contributed by atoms with Crippen LogP contribution in [0.15, 0.2) is 18.2 Å². The molecule has 96 valence electrons. The zero-order valence-electron chi connectivity index (χ0n) is 10.7. The first-order valence-electron chi connectivity index (χ1n) is 5.77. The van der Waals surface area contributed by atoms with E-state index < -0.39 is 0 Å². The van der Waals surface area contributed by atoms with Gasteiger partial charge >= 0.3 is 0 Å². The maximum atomic E-state index is 13.2. The SMILES string of the molecule is COc1ccc(F)cc1CN(C)CC(C)CN. The van der Waals surface area contributed by atoms with Crippen LogP contribution in [0.25, 0.3) is 0 Å². The van der Waals surface area contributed by atoms with Crippen LogP contribution in [0.1, 0.15) is 12.5 Å². The topological polar surface area (TPSA) is 38.5 Å². The van der Waals surface area contributed by atoms with E-state index in [1.807, 2.05) is 7.05 Å². The molecule has 17 heavy (non-hydrogen) atoms. The Morgan fingerprint density at radius 1 is 1.47 bits per heavy atom. The number of halogens is 1. The maximum absolute atomic E-state index is 13.2. The maximum Gasteiger partial charge on any atom is 0.123 e. The summed E-state index contributed by atoms with van der Waals surface area (Å²) in [5.41, 5.74) is 6.44. The molecular weight excluding hydrogens is 219 g/mol. The summed E-state index contributed by atoms with van der Waals surface area (Å²) in [4.78, 5) is 2.12. The molecule has 1 atom stereocenters. The standard InChI is InChI=1S/C13H21FN2O/c1-10(7-15)8-16(2)9-11-6-12(14)4-5-13(11)17-3/h4-6,10H,7-9,15H2,1-3H3. The molecular formula is C13H21FN2O. The van der Waals surface area contributed by atoms with Gasteiger partial charge in [0.1, 0.15) is 11.6 Å². The van der Waals surface area contributed by atoms with E-state index in [-0.39, 0.29) is 5.82 Å². The van der Waals surface area contributed by atoms with Crippen molar-refractivity contribution in [3.05, 3.63) is 29.6 Å². The van der Waals surface area contributed by atoms with E-state index in [9.17, 15) is 4.39 Å². The van der Waals surface area contributed by atoms with Gasteiger partial charge in [-0.15, -0.1) is 0 Å². The molecule has 0 spiro atoms. The van der Waals surface area contributed by atoms with Gasteiger partial charge in [-0.1, -0.05) is 6.92 Å². The van der Waals surface area contributed by atoms with E-state index in [1.54, 1.807) is 13.2 Å². The number of hydrogen-bond donors (Lipinski definition) is 1. The van der Waals surface area contributed by atoms with Gasteiger partial charge in [-0.05, 0) is 37.7 Å². The second kappa shape index (κ2) is 6.57. The van der Waals surface area contributed by atoms with Gasteiger partial charge in [0, 0.05) is 18.7 Å². The fourth-order valence-corrected chi connectivity index (χ4v) is 1.83. The number of hydrogen-bond acceptors (Lipinski definition) is 3. The Labute approximate surface area is 102 Å². The lowest BCUT2D eigenvalue weighted by Gasteiger charge is -2.21. The third-order valence-corrected chi connectivity index (χ3v) is 2.71. The summed E-state index contributed by atoms with van der Waals surface area (Å²) in [6.07, 6.45) is 0. The lowest BCUT2D eigenvalue weighted by Crippen LogP contribution is -2.28. The van der Waals surface area contributed by atoms with Crippen LogP contribution in [0.5, 0.6) is 5.75 Å². The van der Waals surface area contributed by atoms with Crippen LogP contribution in [-0.4, -0.2) is 32.1 Å². The first kappa shape index (κ1) is 13.9. The van der Waals surface area contributed by atoms with Crippen molar-refractivity contribution in [2.75, 3.05) is 27.2 Å². The second-order valence-corrected chi connectivity index (χ2v) is 4.49. The fourth-order valence-electron chi connectivity index (χ4n) is 1.83. The van der Waals surface area contributed by atoms with Gasteiger partial charge in [-0.3, -0.25) is 0 Å². The second-order valence-electron chi connectivity index (χ2n) is 4.49. The fraction of sp³-hybridized carbons (Fsp3) is 0.538. The highest BCUT2D eigenvalue weighted by molar-refractivity contribution is 5.33. The minimum Gasteiger partial charge on any atom is -0.496 e. The minimum absolute atomic E-state index is 0.235. The summed E-state index contributed by atoms with van der Waals surface area (Å²) in [5.74, 6) is 0.916. The van der Waals surface area contributed by atoms with Crippen molar-refractivity contribution in [1.29, 1.82) is 0 Å². The van der Waals surface area contributed by atoms with Crippen molar-refractivity contribution in [3.63, 3.8) is 0 Å². The molecule has 1 rings (SSSR count). The van der Waals surface area contributed by atoms with Gasteiger partial charge in [0.25, 0.3) is 0 Å². The zero-order chi connectivity index (χ0) is 12.8. The summed E-state index contributed by atoms with van der Waals surface area (Å²) in [6.45, 7) is 4.30. The van der Waals surface area contributed by atoms with Gasteiger partial charge in [0.05, 0.1) is 7.11 Å². The smallest absolute Gasteiger partial charge is 0.123 e. The van der Waals surface area contributed by atoms with Crippen LogP contribution >= 0.6 is 0 Å². The van der Waals surface area contributed by atoms with Crippen LogP contribution in [0, 0.1) is 11.7 Å². The molecule has 4 heteroatoms. The molecule has 1 aromatic rings. The first-order chi connectivity index (χ1) is 8.06. The summed E-state index contributed by atoms with van der Waals surface area (Å²) >= 11 is 0. The quantitative estimate of drug-likeness (QED) is 0.825. The average molecular weight is 240 g/mol. The van der Waals surface area contributed by atoms with Gasteiger partial charge in [0.15, 0.2) is 0 Å². The number of ether oxygens (including phenoxy) is 1. The van der Waals surface area contributed by atoms with Gasteiger partial charge in [-0.2, -0.15) is 0 Å². The summed E-state index contributed by atoms with van der Waals surface area (Å²) < 4.78 is 18.4. The predicted octanol–water partition coefficient (Wildman–Crippen LogP) is 1.86. The lowest BCUT2D eigenvalue weighted by molar-refractivity contribution is 0.276. The van der Waals surface area contributed by atoms with E-state index in [0.29, 0.717) is 19.0 Å². The van der Waals surface area contributed by atoms with E-state index in [1.165, 1.54) is 12.1 Å². The number of methoxy groups -OCH3 is 1. The Hall–Kier alpha value is -1.13. The number of rotatable bonds is 6. The number of nitrogens with two attached hydrogens (primary N) is 1.